The number of fused-ring (bicyclic) bond motifs is 2. The molecule has 0 saturated carbocycles. The minimum atomic E-state index is -0.579. The Balaban J connectivity index is 1.81. The zero-order chi connectivity index (χ0) is 19.4. The number of halogens is 1. The van der Waals surface area contributed by atoms with Crippen LogP contribution in [0.4, 0.5) is 0 Å². The average molecular weight is 411 g/mol. The predicted molar refractivity (Wildman–Crippen MR) is 109 cm³/mol. The van der Waals surface area contributed by atoms with Crippen LogP contribution in [0.3, 0.4) is 0 Å². The van der Waals surface area contributed by atoms with E-state index in [-0.39, 0.29) is 5.69 Å². The molecule has 0 spiro atoms. The summed E-state index contributed by atoms with van der Waals surface area (Å²) in [7, 11) is 0. The fourth-order valence-corrected chi connectivity index (χ4v) is 4.51. The van der Waals surface area contributed by atoms with Gasteiger partial charge in [0.1, 0.15) is 15.9 Å². The van der Waals surface area contributed by atoms with Gasteiger partial charge in [-0.15, -0.1) is 11.3 Å². The highest BCUT2D eigenvalue weighted by Gasteiger charge is 2.18. The van der Waals surface area contributed by atoms with Crippen LogP contribution in [0.2, 0.25) is 5.02 Å². The predicted octanol–water partition coefficient (Wildman–Crippen LogP) is 3.91. The van der Waals surface area contributed by atoms with E-state index in [1.54, 1.807) is 19.1 Å². The third-order valence-electron chi connectivity index (χ3n) is 4.34. The van der Waals surface area contributed by atoms with E-state index in [9.17, 15) is 9.59 Å². The van der Waals surface area contributed by atoms with Gasteiger partial charge in [0, 0.05) is 22.4 Å². The minimum absolute atomic E-state index is 0.249. The fraction of sp³-hybridized carbons (Fsp3) is 0.0526. The Morgan fingerprint density at radius 2 is 2.04 bits per heavy atom. The van der Waals surface area contributed by atoms with Crippen molar-refractivity contribution in [1.29, 1.82) is 0 Å². The van der Waals surface area contributed by atoms with Crippen molar-refractivity contribution in [2.75, 3.05) is 0 Å². The molecule has 0 amide bonds. The van der Waals surface area contributed by atoms with Gasteiger partial charge in [-0.05, 0) is 12.1 Å². The van der Waals surface area contributed by atoms with Gasteiger partial charge < -0.3 is 9.40 Å². The van der Waals surface area contributed by atoms with E-state index in [4.69, 9.17) is 16.0 Å². The van der Waals surface area contributed by atoms with Crippen molar-refractivity contribution in [3.8, 4) is 16.1 Å². The molecule has 0 aliphatic rings. The van der Waals surface area contributed by atoms with E-state index in [1.165, 1.54) is 23.7 Å². The molecule has 0 aliphatic heterocycles. The molecule has 1 N–H and O–H groups in total. The molecule has 0 atom stereocenters. The number of nitrogens with one attached hydrogen (secondary N) is 1. The Bertz CT molecular complexity index is 1490. The molecule has 7 nitrogen and oxygen atoms in total. The molecule has 0 fully saturated rings. The normalized spacial score (nSPS) is 11.5. The lowest BCUT2D eigenvalue weighted by Crippen LogP contribution is -2.33. The summed E-state index contributed by atoms with van der Waals surface area (Å²) in [5.74, 6) is 0.423. The lowest BCUT2D eigenvalue weighted by Gasteiger charge is -2.04. The molecule has 1 aromatic carbocycles. The molecule has 138 valence electrons. The van der Waals surface area contributed by atoms with Crippen LogP contribution in [0.1, 0.15) is 5.89 Å². The standard InChI is InChI=1S/C19H11ClN4O3S/c1-9-22-13-7-21-8-14(16(13)27-9)24-18(25)17-12(23-19(24)26)6-15(28-17)10-4-2-3-5-11(10)20/h2-8H,1H3,(H,23,26). The number of hydrogen-bond acceptors (Lipinski definition) is 6. The highest BCUT2D eigenvalue weighted by molar-refractivity contribution is 7.22. The van der Waals surface area contributed by atoms with Gasteiger partial charge in [-0.3, -0.25) is 9.78 Å². The van der Waals surface area contributed by atoms with E-state index in [1.807, 2.05) is 18.2 Å². The number of aromatic amines is 1. The Morgan fingerprint density at radius 1 is 1.21 bits per heavy atom. The van der Waals surface area contributed by atoms with Gasteiger partial charge in [-0.2, -0.15) is 0 Å². The second-order valence-electron chi connectivity index (χ2n) is 6.14. The third-order valence-corrected chi connectivity index (χ3v) is 5.83. The molecule has 0 aliphatic carbocycles. The second-order valence-corrected chi connectivity index (χ2v) is 7.60. The lowest BCUT2D eigenvalue weighted by molar-refractivity contribution is 0.558. The molecular weight excluding hydrogens is 400 g/mol. The zero-order valence-electron chi connectivity index (χ0n) is 14.4. The van der Waals surface area contributed by atoms with Crippen molar-refractivity contribution < 1.29 is 4.42 Å². The number of nitrogens with zero attached hydrogens (tertiary/aromatic N) is 3. The molecular formula is C19H11ClN4O3S. The summed E-state index contributed by atoms with van der Waals surface area (Å²) >= 11 is 7.54. The molecule has 0 radical (unpaired) electrons. The maximum Gasteiger partial charge on any atom is 0.333 e. The highest BCUT2D eigenvalue weighted by atomic mass is 35.5. The number of pyridine rings is 1. The zero-order valence-corrected chi connectivity index (χ0v) is 16.0. The number of hydrogen-bond donors (Lipinski definition) is 1. The van der Waals surface area contributed by atoms with Gasteiger partial charge in [-0.1, -0.05) is 29.8 Å². The first kappa shape index (κ1) is 16.9. The molecule has 4 heterocycles. The van der Waals surface area contributed by atoms with E-state index in [0.717, 1.165) is 15.0 Å². The monoisotopic (exact) mass is 410 g/mol. The van der Waals surface area contributed by atoms with Crippen LogP contribution in [0.5, 0.6) is 0 Å². The van der Waals surface area contributed by atoms with Crippen molar-refractivity contribution >= 4 is 44.3 Å². The number of aryl methyl sites for hydroxylation is 1. The molecule has 28 heavy (non-hydrogen) atoms. The van der Waals surface area contributed by atoms with E-state index >= 15 is 0 Å². The van der Waals surface area contributed by atoms with E-state index in [0.29, 0.717) is 32.2 Å². The quantitative estimate of drug-likeness (QED) is 0.476. The lowest BCUT2D eigenvalue weighted by atomic mass is 10.2. The summed E-state index contributed by atoms with van der Waals surface area (Å²) in [6, 6.07) is 9.10. The first-order chi connectivity index (χ1) is 13.5. The maximum absolute atomic E-state index is 13.2. The van der Waals surface area contributed by atoms with Crippen LogP contribution >= 0.6 is 22.9 Å². The summed E-state index contributed by atoms with van der Waals surface area (Å²) in [6.45, 7) is 1.69. The van der Waals surface area contributed by atoms with Crippen molar-refractivity contribution in [2.24, 2.45) is 0 Å². The average Bonchev–Trinajstić information content (AvgIpc) is 3.25. The van der Waals surface area contributed by atoms with Crippen molar-refractivity contribution in [2.45, 2.75) is 6.92 Å². The van der Waals surface area contributed by atoms with Crippen LogP contribution < -0.4 is 11.2 Å². The van der Waals surface area contributed by atoms with Gasteiger partial charge >= 0.3 is 5.69 Å². The van der Waals surface area contributed by atoms with Crippen molar-refractivity contribution in [3.05, 3.63) is 74.5 Å². The minimum Gasteiger partial charge on any atom is -0.439 e. The molecule has 9 heteroatoms. The molecule has 0 saturated heterocycles. The van der Waals surface area contributed by atoms with Gasteiger partial charge in [0.05, 0.1) is 17.9 Å². The van der Waals surface area contributed by atoms with Gasteiger partial charge in [0.2, 0.25) is 0 Å². The van der Waals surface area contributed by atoms with Crippen LogP contribution in [0.25, 0.3) is 37.4 Å². The summed E-state index contributed by atoms with van der Waals surface area (Å²) in [5.41, 5.74) is 1.28. The molecule has 0 bridgehead atoms. The first-order valence-corrected chi connectivity index (χ1v) is 9.47. The van der Waals surface area contributed by atoms with Gasteiger partial charge in [0.15, 0.2) is 11.5 Å². The Morgan fingerprint density at radius 3 is 2.86 bits per heavy atom. The molecule has 5 aromatic rings. The topological polar surface area (TPSA) is 93.8 Å². The SMILES string of the molecule is Cc1nc2cncc(-n3c(=O)[nH]c4cc(-c5ccccc5Cl)sc4c3=O)c2o1. The third kappa shape index (κ3) is 2.49. The number of rotatable bonds is 2. The number of aromatic nitrogens is 4. The Kier molecular flexibility index (Phi) is 3.71. The number of H-pyrrole nitrogens is 1. The summed E-state index contributed by atoms with van der Waals surface area (Å²) in [6.07, 6.45) is 2.94. The summed E-state index contributed by atoms with van der Waals surface area (Å²) in [5, 5.41) is 0.572. The number of benzene rings is 1. The Hall–Kier alpha value is -3.23. The maximum atomic E-state index is 13.2. The highest BCUT2D eigenvalue weighted by Crippen LogP contribution is 2.35. The Labute approximate surface area is 165 Å². The molecule has 0 unspecified atom stereocenters. The van der Waals surface area contributed by atoms with Crippen LogP contribution in [0.15, 0.2) is 56.7 Å². The summed E-state index contributed by atoms with van der Waals surface area (Å²) in [4.78, 5) is 37.7. The summed E-state index contributed by atoms with van der Waals surface area (Å²) < 4.78 is 7.02. The van der Waals surface area contributed by atoms with E-state index < -0.39 is 11.2 Å². The second kappa shape index (κ2) is 6.15. The number of oxazole rings is 1. The van der Waals surface area contributed by atoms with Gasteiger partial charge in [-0.25, -0.2) is 14.3 Å². The largest absolute Gasteiger partial charge is 0.439 e. The van der Waals surface area contributed by atoms with E-state index in [2.05, 4.69) is 15.0 Å². The molecule has 5 rings (SSSR count). The first-order valence-electron chi connectivity index (χ1n) is 8.28. The van der Waals surface area contributed by atoms with Gasteiger partial charge in [0.25, 0.3) is 5.56 Å². The fourth-order valence-electron chi connectivity index (χ4n) is 3.13. The van der Waals surface area contributed by atoms with Crippen LogP contribution in [-0.2, 0) is 0 Å². The molecule has 4 aromatic heterocycles. The smallest absolute Gasteiger partial charge is 0.333 e. The van der Waals surface area contributed by atoms with Crippen molar-refractivity contribution in [1.82, 2.24) is 19.5 Å². The number of thiophene rings is 1. The van der Waals surface area contributed by atoms with Crippen LogP contribution in [0, 0.1) is 6.92 Å². The van der Waals surface area contributed by atoms with Crippen molar-refractivity contribution in [3.63, 3.8) is 0 Å². The van der Waals surface area contributed by atoms with Crippen LogP contribution in [-0.4, -0.2) is 19.5 Å².